The lowest BCUT2D eigenvalue weighted by atomic mass is 10.1. The van der Waals surface area contributed by atoms with Gasteiger partial charge in [0.15, 0.2) is 0 Å². The zero-order valence-corrected chi connectivity index (χ0v) is 13.8. The molecule has 0 amide bonds. The number of ether oxygens (including phenoxy) is 1. The Morgan fingerprint density at radius 2 is 2.16 bits per heavy atom. The maximum Gasteiger partial charge on any atom is 0.345 e. The van der Waals surface area contributed by atoms with E-state index in [9.17, 15) is 13.2 Å². The van der Waals surface area contributed by atoms with Crippen molar-refractivity contribution in [3.05, 3.63) is 14.7 Å². The van der Waals surface area contributed by atoms with Gasteiger partial charge in [0.25, 0.3) is 0 Å². The number of hydrogen-bond donors (Lipinski definition) is 2. The molecule has 19 heavy (non-hydrogen) atoms. The van der Waals surface area contributed by atoms with E-state index in [1.54, 1.807) is 13.8 Å². The highest BCUT2D eigenvalue weighted by molar-refractivity contribution is 9.11. The van der Waals surface area contributed by atoms with Gasteiger partial charge in [-0.25, -0.2) is 17.9 Å². The topological polar surface area (TPSA) is 92.7 Å². The van der Waals surface area contributed by atoms with Crippen LogP contribution in [0.1, 0.15) is 23.5 Å². The van der Waals surface area contributed by atoms with Gasteiger partial charge in [0.1, 0.15) is 9.77 Å². The molecule has 0 atom stereocenters. The summed E-state index contributed by atoms with van der Waals surface area (Å²) in [6.45, 7) is 3.55. The molecule has 0 spiro atoms. The Morgan fingerprint density at radius 3 is 2.58 bits per heavy atom. The van der Waals surface area contributed by atoms with Gasteiger partial charge in [0.05, 0.1) is 9.39 Å². The lowest BCUT2D eigenvalue weighted by Crippen LogP contribution is -2.39. The fourth-order valence-electron chi connectivity index (χ4n) is 1.06. The maximum atomic E-state index is 12.1. The Labute approximate surface area is 124 Å². The van der Waals surface area contributed by atoms with E-state index in [0.29, 0.717) is 0 Å². The minimum atomic E-state index is -3.78. The van der Waals surface area contributed by atoms with E-state index < -0.39 is 21.6 Å². The molecule has 1 aromatic rings. The molecule has 108 valence electrons. The maximum absolute atomic E-state index is 12.1. The van der Waals surface area contributed by atoms with Gasteiger partial charge < -0.3 is 9.84 Å². The van der Waals surface area contributed by atoms with Crippen LogP contribution in [-0.4, -0.2) is 38.7 Å². The number of methoxy groups -OCH3 is 1. The highest BCUT2D eigenvalue weighted by Gasteiger charge is 2.26. The predicted octanol–water partition coefficient (Wildman–Crippen LogP) is 1.91. The summed E-state index contributed by atoms with van der Waals surface area (Å²) in [7, 11) is -2.29. The second kappa shape index (κ2) is 5.88. The van der Waals surface area contributed by atoms with Crippen molar-refractivity contribution >= 4 is 43.3 Å². The molecule has 1 rings (SSSR count). The Kier molecular flexibility index (Phi) is 5.13. The van der Waals surface area contributed by atoms with E-state index in [4.69, 9.17) is 9.84 Å². The average molecular weight is 372 g/mol. The van der Waals surface area contributed by atoms with Crippen LogP contribution in [0.25, 0.3) is 0 Å². The first kappa shape index (κ1) is 16.6. The van der Waals surface area contributed by atoms with Gasteiger partial charge in [-0.05, 0) is 35.8 Å². The lowest BCUT2D eigenvalue weighted by Gasteiger charge is -2.22. The summed E-state index contributed by atoms with van der Waals surface area (Å²) < 4.78 is 31.9. The van der Waals surface area contributed by atoms with Crippen molar-refractivity contribution in [2.75, 3.05) is 13.7 Å². The molecule has 0 aliphatic rings. The molecule has 6 nitrogen and oxygen atoms in total. The van der Waals surface area contributed by atoms with Crippen molar-refractivity contribution < 1.29 is 23.1 Å². The molecule has 0 bridgehead atoms. The number of carboxylic acids is 1. The van der Waals surface area contributed by atoms with Gasteiger partial charge in [0, 0.05) is 13.7 Å². The van der Waals surface area contributed by atoms with Crippen LogP contribution in [0, 0.1) is 0 Å². The molecule has 0 radical (unpaired) electrons. The van der Waals surface area contributed by atoms with E-state index in [2.05, 4.69) is 20.7 Å². The molecule has 0 unspecified atom stereocenters. The summed E-state index contributed by atoms with van der Waals surface area (Å²) in [5, 5.41) is 8.84. The summed E-state index contributed by atoms with van der Waals surface area (Å²) in [5.74, 6) is -1.16. The van der Waals surface area contributed by atoms with Crippen LogP contribution in [0.5, 0.6) is 0 Å². The van der Waals surface area contributed by atoms with Crippen LogP contribution in [0.3, 0.4) is 0 Å². The molecule has 1 heterocycles. The van der Waals surface area contributed by atoms with E-state index in [-0.39, 0.29) is 20.1 Å². The minimum Gasteiger partial charge on any atom is -0.477 e. The van der Waals surface area contributed by atoms with Gasteiger partial charge in [-0.3, -0.25) is 0 Å². The van der Waals surface area contributed by atoms with Crippen LogP contribution < -0.4 is 4.72 Å². The number of rotatable bonds is 6. The molecule has 0 saturated heterocycles. The monoisotopic (exact) mass is 371 g/mol. The van der Waals surface area contributed by atoms with Gasteiger partial charge in [-0.2, -0.15) is 0 Å². The Balaban J connectivity index is 2.98. The smallest absolute Gasteiger partial charge is 0.345 e. The van der Waals surface area contributed by atoms with Crippen LogP contribution in [0.4, 0.5) is 0 Å². The fourth-order valence-corrected chi connectivity index (χ4v) is 4.66. The van der Waals surface area contributed by atoms with Crippen molar-refractivity contribution in [1.29, 1.82) is 0 Å². The highest BCUT2D eigenvalue weighted by atomic mass is 79.9. The van der Waals surface area contributed by atoms with Crippen molar-refractivity contribution in [3.63, 3.8) is 0 Å². The zero-order chi connectivity index (χ0) is 14.8. The van der Waals surface area contributed by atoms with Crippen LogP contribution in [0.2, 0.25) is 0 Å². The lowest BCUT2D eigenvalue weighted by molar-refractivity contribution is 0.0276. The Hall–Kier alpha value is -0.480. The molecule has 0 saturated carbocycles. The van der Waals surface area contributed by atoms with Crippen molar-refractivity contribution in [1.82, 2.24) is 4.72 Å². The normalized spacial score (nSPS) is 12.6. The molecule has 0 aliphatic heterocycles. The summed E-state index contributed by atoms with van der Waals surface area (Å²) >= 11 is 3.92. The van der Waals surface area contributed by atoms with Gasteiger partial charge >= 0.3 is 5.97 Å². The quantitative estimate of drug-likeness (QED) is 0.796. The highest BCUT2D eigenvalue weighted by Crippen LogP contribution is 2.31. The van der Waals surface area contributed by atoms with Crippen molar-refractivity contribution in [2.24, 2.45) is 0 Å². The van der Waals surface area contributed by atoms with E-state index in [1.165, 1.54) is 7.11 Å². The van der Waals surface area contributed by atoms with E-state index >= 15 is 0 Å². The Morgan fingerprint density at radius 1 is 1.58 bits per heavy atom. The SMILES string of the molecule is COC(C)(C)CNS(=O)(=O)c1cc(C(=O)O)sc1Br. The first-order chi connectivity index (χ1) is 8.59. The third-order valence-corrected chi connectivity index (χ3v) is 6.04. The molecule has 9 heteroatoms. The van der Waals surface area contributed by atoms with Gasteiger partial charge in [-0.15, -0.1) is 11.3 Å². The molecule has 0 fully saturated rings. The number of carbonyl (C=O) groups is 1. The number of aromatic carboxylic acids is 1. The van der Waals surface area contributed by atoms with E-state index in [0.717, 1.165) is 17.4 Å². The second-order valence-corrected chi connectivity index (χ2v) is 8.45. The van der Waals surface area contributed by atoms with E-state index in [1.807, 2.05) is 0 Å². The zero-order valence-electron chi connectivity index (χ0n) is 10.6. The molecule has 2 N–H and O–H groups in total. The number of hydrogen-bond acceptors (Lipinski definition) is 5. The number of carboxylic acid groups (broad SMARTS) is 1. The number of nitrogens with one attached hydrogen (secondary N) is 1. The predicted molar refractivity (Wildman–Crippen MR) is 75.3 cm³/mol. The first-order valence-corrected chi connectivity index (χ1v) is 8.26. The summed E-state index contributed by atoms with van der Waals surface area (Å²) in [6.07, 6.45) is 0. The van der Waals surface area contributed by atoms with Gasteiger partial charge in [-0.1, -0.05) is 0 Å². The molecule has 0 aromatic carbocycles. The number of halogens is 1. The van der Waals surface area contributed by atoms with Crippen LogP contribution >= 0.6 is 27.3 Å². The average Bonchev–Trinajstić information content (AvgIpc) is 2.70. The second-order valence-electron chi connectivity index (χ2n) is 4.34. The first-order valence-electron chi connectivity index (χ1n) is 5.16. The molecule has 1 aromatic heterocycles. The summed E-state index contributed by atoms with van der Waals surface area (Å²) in [4.78, 5) is 10.7. The standard InChI is InChI=1S/C10H14BrNO5S2/c1-10(2,17-3)5-12-19(15,16)7-4-6(9(13)14)18-8(7)11/h4,12H,5H2,1-3H3,(H,13,14). The molecular formula is C10H14BrNO5S2. The molecule has 0 aliphatic carbocycles. The number of sulfonamides is 1. The minimum absolute atomic E-state index is 0.0433. The summed E-state index contributed by atoms with van der Waals surface area (Å²) in [5.41, 5.74) is -0.648. The Bertz CT molecular complexity index is 579. The third kappa shape index (κ3) is 4.25. The largest absolute Gasteiger partial charge is 0.477 e. The van der Waals surface area contributed by atoms with Crippen LogP contribution in [-0.2, 0) is 14.8 Å². The summed E-state index contributed by atoms with van der Waals surface area (Å²) in [6, 6.07) is 1.12. The third-order valence-electron chi connectivity index (χ3n) is 2.40. The van der Waals surface area contributed by atoms with Gasteiger partial charge in [0.2, 0.25) is 10.0 Å². The molecular weight excluding hydrogens is 358 g/mol. The van der Waals surface area contributed by atoms with Crippen molar-refractivity contribution in [2.45, 2.75) is 24.3 Å². The van der Waals surface area contributed by atoms with Crippen molar-refractivity contribution in [3.8, 4) is 0 Å². The number of thiophene rings is 1. The van der Waals surface area contributed by atoms with Crippen LogP contribution in [0.15, 0.2) is 14.7 Å². The fraction of sp³-hybridized carbons (Fsp3) is 0.500.